The number of urea groups is 1. The minimum absolute atomic E-state index is 0.283. The summed E-state index contributed by atoms with van der Waals surface area (Å²) >= 11 is 0. The predicted octanol–water partition coefficient (Wildman–Crippen LogP) is 3.06. The second-order valence-corrected chi connectivity index (χ2v) is 7.21. The summed E-state index contributed by atoms with van der Waals surface area (Å²) in [6, 6.07) is 6.68. The van der Waals surface area contributed by atoms with Gasteiger partial charge in [-0.1, -0.05) is 44.7 Å². The molecule has 1 aliphatic carbocycles. The number of carbonyl (C=O) groups excluding carboxylic acids is 3. The minimum atomic E-state index is -0.809. The Labute approximate surface area is 159 Å². The molecule has 2 aliphatic rings. The van der Waals surface area contributed by atoms with E-state index in [0.29, 0.717) is 30.9 Å². The van der Waals surface area contributed by atoms with E-state index in [0.717, 1.165) is 37.0 Å². The van der Waals surface area contributed by atoms with Crippen molar-refractivity contribution in [2.75, 3.05) is 18.5 Å². The van der Waals surface area contributed by atoms with Gasteiger partial charge in [-0.3, -0.25) is 14.5 Å². The number of ether oxygens (including phenoxy) is 1. The summed E-state index contributed by atoms with van der Waals surface area (Å²) in [5.41, 5.74) is -0.269. The third-order valence-corrected chi connectivity index (χ3v) is 5.17. The fourth-order valence-electron chi connectivity index (χ4n) is 3.67. The van der Waals surface area contributed by atoms with E-state index in [1.807, 2.05) is 6.07 Å². The molecule has 1 aromatic rings. The molecule has 1 saturated heterocycles. The monoisotopic (exact) mass is 373 g/mol. The van der Waals surface area contributed by atoms with Crippen molar-refractivity contribution in [3.63, 3.8) is 0 Å². The summed E-state index contributed by atoms with van der Waals surface area (Å²) in [6.45, 7) is 2.35. The number of anilines is 1. The lowest BCUT2D eigenvalue weighted by Crippen LogP contribution is -2.48. The van der Waals surface area contributed by atoms with Gasteiger partial charge in [0.1, 0.15) is 17.8 Å². The maximum atomic E-state index is 12.8. The number of rotatable bonds is 7. The average molecular weight is 373 g/mol. The summed E-state index contributed by atoms with van der Waals surface area (Å²) in [7, 11) is 0. The van der Waals surface area contributed by atoms with E-state index in [2.05, 4.69) is 17.6 Å². The highest BCUT2D eigenvalue weighted by atomic mass is 16.5. The summed E-state index contributed by atoms with van der Waals surface area (Å²) < 4.78 is 5.71. The van der Waals surface area contributed by atoms with Crippen molar-refractivity contribution in [3.8, 4) is 5.75 Å². The van der Waals surface area contributed by atoms with Crippen LogP contribution in [0.25, 0.3) is 0 Å². The van der Waals surface area contributed by atoms with Crippen LogP contribution < -0.4 is 15.4 Å². The molecule has 2 N–H and O–H groups in total. The maximum Gasteiger partial charge on any atom is 0.325 e. The third-order valence-electron chi connectivity index (χ3n) is 5.17. The Balaban J connectivity index is 1.63. The fourth-order valence-corrected chi connectivity index (χ4v) is 3.67. The first-order valence-electron chi connectivity index (χ1n) is 9.71. The molecule has 1 spiro atoms. The first-order chi connectivity index (χ1) is 13.1. The van der Waals surface area contributed by atoms with E-state index in [1.165, 1.54) is 0 Å². The molecule has 0 atom stereocenters. The molecule has 0 bridgehead atoms. The molecule has 27 heavy (non-hydrogen) atoms. The topological polar surface area (TPSA) is 87.7 Å². The molecule has 0 radical (unpaired) electrons. The van der Waals surface area contributed by atoms with Crippen LogP contribution in [-0.4, -0.2) is 41.4 Å². The molecule has 7 heteroatoms. The van der Waals surface area contributed by atoms with Crippen LogP contribution in [0, 0.1) is 0 Å². The zero-order chi connectivity index (χ0) is 19.3. The van der Waals surface area contributed by atoms with Gasteiger partial charge in [0.15, 0.2) is 0 Å². The van der Waals surface area contributed by atoms with Crippen molar-refractivity contribution >= 4 is 23.5 Å². The van der Waals surface area contributed by atoms with E-state index in [9.17, 15) is 14.4 Å². The lowest BCUT2D eigenvalue weighted by Gasteiger charge is -2.30. The average Bonchev–Trinajstić information content (AvgIpc) is 2.88. The molecule has 0 unspecified atom stereocenters. The van der Waals surface area contributed by atoms with Gasteiger partial charge in [-0.15, -0.1) is 0 Å². The highest BCUT2D eigenvalue weighted by Gasteiger charge is 2.51. The summed E-state index contributed by atoms with van der Waals surface area (Å²) in [6.07, 6.45) is 6.12. The first kappa shape index (κ1) is 19.2. The van der Waals surface area contributed by atoms with E-state index >= 15 is 0 Å². The molecule has 1 saturated carbocycles. The van der Waals surface area contributed by atoms with Crippen molar-refractivity contribution in [2.45, 2.75) is 57.4 Å². The van der Waals surface area contributed by atoms with Crippen molar-refractivity contribution in [2.24, 2.45) is 0 Å². The van der Waals surface area contributed by atoms with Gasteiger partial charge in [0.05, 0.1) is 12.3 Å². The number of nitrogens with one attached hydrogen (secondary N) is 2. The van der Waals surface area contributed by atoms with E-state index in [4.69, 9.17) is 4.74 Å². The smallest absolute Gasteiger partial charge is 0.325 e. The first-order valence-corrected chi connectivity index (χ1v) is 9.71. The fraction of sp³-hybridized carbons (Fsp3) is 0.550. The van der Waals surface area contributed by atoms with E-state index in [1.54, 1.807) is 18.2 Å². The van der Waals surface area contributed by atoms with Crippen molar-refractivity contribution in [3.05, 3.63) is 24.3 Å². The maximum absolute atomic E-state index is 12.8. The van der Waals surface area contributed by atoms with Crippen LogP contribution in [0.3, 0.4) is 0 Å². The van der Waals surface area contributed by atoms with Gasteiger partial charge in [-0.05, 0) is 31.4 Å². The highest BCUT2D eigenvalue weighted by Crippen LogP contribution is 2.33. The lowest BCUT2D eigenvalue weighted by molar-refractivity contribution is -0.134. The molecular weight excluding hydrogens is 346 g/mol. The van der Waals surface area contributed by atoms with Crippen molar-refractivity contribution in [1.29, 1.82) is 0 Å². The number of unbranched alkanes of at least 4 members (excludes halogenated alkanes) is 1. The van der Waals surface area contributed by atoms with Gasteiger partial charge >= 0.3 is 6.03 Å². The predicted molar refractivity (Wildman–Crippen MR) is 102 cm³/mol. The van der Waals surface area contributed by atoms with Gasteiger partial charge in [0, 0.05) is 0 Å². The largest absolute Gasteiger partial charge is 0.491 e. The van der Waals surface area contributed by atoms with Crippen LogP contribution in [0.15, 0.2) is 24.3 Å². The molecule has 3 rings (SSSR count). The normalized spacial score (nSPS) is 18.5. The Kier molecular flexibility index (Phi) is 5.98. The van der Waals surface area contributed by atoms with Crippen LogP contribution >= 0.6 is 0 Å². The second kappa shape index (κ2) is 8.41. The van der Waals surface area contributed by atoms with Gasteiger partial charge in [-0.2, -0.15) is 0 Å². The number of benzene rings is 1. The van der Waals surface area contributed by atoms with Gasteiger partial charge in [-0.25, -0.2) is 4.79 Å². The number of amides is 4. The standard InChI is InChI=1S/C20H27N3O4/c1-2-3-13-27-16-10-6-5-9-15(16)21-17(24)14-23-18(25)20(22-19(23)26)11-7-4-8-12-20/h5-6,9-10H,2-4,7-8,11-14H2,1H3,(H,21,24)(H,22,26). The van der Waals surface area contributed by atoms with Crippen molar-refractivity contribution < 1.29 is 19.1 Å². The molecule has 7 nitrogen and oxygen atoms in total. The molecule has 4 amide bonds. The molecule has 0 aromatic heterocycles. The summed E-state index contributed by atoms with van der Waals surface area (Å²) in [5, 5.41) is 5.58. The zero-order valence-electron chi connectivity index (χ0n) is 15.8. The summed E-state index contributed by atoms with van der Waals surface area (Å²) in [4.78, 5) is 38.5. The van der Waals surface area contributed by atoms with Crippen LogP contribution in [0.1, 0.15) is 51.9 Å². The van der Waals surface area contributed by atoms with Crippen LogP contribution in [0.5, 0.6) is 5.75 Å². The van der Waals surface area contributed by atoms with E-state index in [-0.39, 0.29) is 12.5 Å². The number of carbonyl (C=O) groups is 3. The Hall–Kier alpha value is -2.57. The number of imide groups is 1. The molecule has 146 valence electrons. The molecule has 1 aromatic carbocycles. The number of hydrogen-bond acceptors (Lipinski definition) is 4. The number of para-hydroxylation sites is 2. The SMILES string of the molecule is CCCCOc1ccccc1NC(=O)CN1C(=O)NC2(CCCCC2)C1=O. The van der Waals surface area contributed by atoms with E-state index < -0.39 is 17.5 Å². The minimum Gasteiger partial charge on any atom is -0.491 e. The summed E-state index contributed by atoms with van der Waals surface area (Å²) in [5.74, 6) is -0.118. The van der Waals surface area contributed by atoms with Gasteiger partial charge in [0.2, 0.25) is 5.91 Å². The third kappa shape index (κ3) is 4.23. The molecular formula is C20H27N3O4. The highest BCUT2D eigenvalue weighted by molar-refractivity contribution is 6.10. The lowest BCUT2D eigenvalue weighted by atomic mass is 9.82. The van der Waals surface area contributed by atoms with Crippen LogP contribution in [0.2, 0.25) is 0 Å². The molecule has 1 aliphatic heterocycles. The molecule has 1 heterocycles. The quantitative estimate of drug-likeness (QED) is 0.568. The Bertz CT molecular complexity index is 713. The van der Waals surface area contributed by atoms with Crippen LogP contribution in [-0.2, 0) is 9.59 Å². The Morgan fingerprint density at radius 3 is 2.70 bits per heavy atom. The second-order valence-electron chi connectivity index (χ2n) is 7.21. The Morgan fingerprint density at radius 2 is 1.96 bits per heavy atom. The zero-order valence-corrected chi connectivity index (χ0v) is 15.8. The Morgan fingerprint density at radius 1 is 1.22 bits per heavy atom. The van der Waals surface area contributed by atoms with Crippen LogP contribution in [0.4, 0.5) is 10.5 Å². The van der Waals surface area contributed by atoms with Crippen molar-refractivity contribution in [1.82, 2.24) is 10.2 Å². The number of nitrogens with zero attached hydrogens (tertiary/aromatic N) is 1. The van der Waals surface area contributed by atoms with Gasteiger partial charge in [0.25, 0.3) is 5.91 Å². The van der Waals surface area contributed by atoms with Gasteiger partial charge < -0.3 is 15.4 Å². The number of hydrogen-bond donors (Lipinski definition) is 2. The molecule has 2 fully saturated rings.